The van der Waals surface area contributed by atoms with Crippen LogP contribution in [0.25, 0.3) is 16.9 Å². The lowest BCUT2D eigenvalue weighted by Gasteiger charge is -2.04. The Morgan fingerprint density at radius 3 is 1.91 bits per heavy atom. The first-order valence-electron chi connectivity index (χ1n) is 10.6. The van der Waals surface area contributed by atoms with Crippen molar-refractivity contribution in [2.24, 2.45) is 5.10 Å². The van der Waals surface area contributed by atoms with Crippen LogP contribution in [0.15, 0.2) is 93.9 Å². The van der Waals surface area contributed by atoms with Crippen LogP contribution in [0, 0.1) is 13.8 Å². The zero-order chi connectivity index (χ0) is 25.2. The van der Waals surface area contributed by atoms with Gasteiger partial charge in [0.05, 0.1) is 21.7 Å². The molecule has 0 bridgehead atoms. The molecule has 0 atom stereocenters. The van der Waals surface area contributed by atoms with Gasteiger partial charge in [-0.15, -0.1) is 0 Å². The molecule has 1 heterocycles. The normalized spacial score (nSPS) is 12.2. The molecule has 0 amide bonds. The van der Waals surface area contributed by atoms with Crippen LogP contribution in [-0.4, -0.2) is 39.1 Å². The molecule has 0 aliphatic carbocycles. The summed E-state index contributed by atoms with van der Waals surface area (Å²) in [4.78, 5) is 2.53. The molecule has 4 aromatic rings. The molecule has 180 valence electrons. The Balaban J connectivity index is 1.70. The van der Waals surface area contributed by atoms with Crippen LogP contribution in [0.5, 0.6) is 0 Å². The van der Waals surface area contributed by atoms with Crippen molar-refractivity contribution in [2.75, 3.05) is 6.26 Å². The summed E-state index contributed by atoms with van der Waals surface area (Å²) < 4.78 is 50.5. The van der Waals surface area contributed by atoms with Gasteiger partial charge in [0, 0.05) is 23.6 Å². The van der Waals surface area contributed by atoms with Crippen LogP contribution in [0.1, 0.15) is 16.7 Å². The van der Waals surface area contributed by atoms with Crippen LogP contribution < -0.4 is 4.83 Å². The molecule has 0 saturated heterocycles. The minimum Gasteiger partial charge on any atom is -0.240 e. The summed E-state index contributed by atoms with van der Waals surface area (Å²) in [6.07, 6.45) is 4.25. The second-order valence-electron chi connectivity index (χ2n) is 8.18. The highest BCUT2D eigenvalue weighted by Gasteiger charge is 2.15. The first kappa shape index (κ1) is 24.4. The number of aryl methyl sites for hydroxylation is 2. The smallest absolute Gasteiger partial charge is 0.240 e. The van der Waals surface area contributed by atoms with Gasteiger partial charge in [0.15, 0.2) is 9.84 Å². The minimum absolute atomic E-state index is 0.104. The number of aromatic nitrogens is 2. The fourth-order valence-corrected chi connectivity index (χ4v) is 4.75. The van der Waals surface area contributed by atoms with E-state index < -0.39 is 19.9 Å². The van der Waals surface area contributed by atoms with Crippen molar-refractivity contribution >= 4 is 26.1 Å². The monoisotopic (exact) mass is 508 g/mol. The maximum atomic E-state index is 12.6. The molecule has 8 nitrogen and oxygen atoms in total. The molecule has 1 N–H and O–H groups in total. The van der Waals surface area contributed by atoms with Crippen LogP contribution in [0.2, 0.25) is 0 Å². The number of benzene rings is 3. The topological polar surface area (TPSA) is 110 Å². The Bertz CT molecular complexity index is 1590. The number of nitrogens with zero attached hydrogens (tertiary/aromatic N) is 3. The van der Waals surface area contributed by atoms with Gasteiger partial charge in [0.2, 0.25) is 0 Å². The fraction of sp³-hybridized carbons (Fsp3) is 0.120. The van der Waals surface area contributed by atoms with E-state index in [-0.39, 0.29) is 9.79 Å². The Morgan fingerprint density at radius 1 is 0.800 bits per heavy atom. The molecule has 10 heteroatoms. The van der Waals surface area contributed by atoms with Gasteiger partial charge in [-0.25, -0.2) is 17.9 Å². The summed E-state index contributed by atoms with van der Waals surface area (Å²) in [5, 5.41) is 8.62. The molecule has 0 aliphatic rings. The highest BCUT2D eigenvalue weighted by molar-refractivity contribution is 7.90. The molecule has 1 aromatic heterocycles. The molecule has 4 rings (SSSR count). The Hall–Kier alpha value is -3.76. The summed E-state index contributed by atoms with van der Waals surface area (Å²) in [6.45, 7) is 3.86. The minimum atomic E-state index is -3.84. The van der Waals surface area contributed by atoms with Crippen molar-refractivity contribution in [3.8, 4) is 16.9 Å². The number of sulfone groups is 1. The third kappa shape index (κ3) is 5.67. The number of sulfonamides is 1. The van der Waals surface area contributed by atoms with Gasteiger partial charge in [0.25, 0.3) is 10.0 Å². The molecule has 0 fully saturated rings. The van der Waals surface area contributed by atoms with E-state index in [2.05, 4.69) is 15.0 Å². The predicted octanol–water partition coefficient (Wildman–Crippen LogP) is 3.87. The molecule has 0 saturated carbocycles. The van der Waals surface area contributed by atoms with E-state index in [1.165, 1.54) is 30.5 Å². The maximum absolute atomic E-state index is 12.6. The number of hydrogen-bond donors (Lipinski definition) is 1. The zero-order valence-corrected chi connectivity index (χ0v) is 21.0. The average Bonchev–Trinajstić information content (AvgIpc) is 3.23. The highest BCUT2D eigenvalue weighted by Crippen LogP contribution is 2.24. The van der Waals surface area contributed by atoms with Gasteiger partial charge in [-0.05, 0) is 50.2 Å². The van der Waals surface area contributed by atoms with Gasteiger partial charge < -0.3 is 0 Å². The van der Waals surface area contributed by atoms with Gasteiger partial charge in [-0.3, -0.25) is 0 Å². The predicted molar refractivity (Wildman–Crippen MR) is 136 cm³/mol. The second-order valence-corrected chi connectivity index (χ2v) is 11.9. The van der Waals surface area contributed by atoms with E-state index in [0.717, 1.165) is 23.1 Å². The zero-order valence-electron chi connectivity index (χ0n) is 19.4. The van der Waals surface area contributed by atoms with Crippen LogP contribution in [-0.2, 0) is 19.9 Å². The highest BCUT2D eigenvalue weighted by atomic mass is 32.2. The largest absolute Gasteiger partial charge is 0.276 e. The van der Waals surface area contributed by atoms with E-state index >= 15 is 0 Å². The van der Waals surface area contributed by atoms with Crippen molar-refractivity contribution in [1.29, 1.82) is 0 Å². The van der Waals surface area contributed by atoms with Crippen LogP contribution in [0.3, 0.4) is 0 Å². The Kier molecular flexibility index (Phi) is 6.60. The molecular formula is C25H24N4O4S2. The number of nitrogens with one attached hydrogen (secondary N) is 1. The Labute approximate surface area is 204 Å². The van der Waals surface area contributed by atoms with Crippen molar-refractivity contribution in [2.45, 2.75) is 23.6 Å². The van der Waals surface area contributed by atoms with Crippen LogP contribution >= 0.6 is 0 Å². The van der Waals surface area contributed by atoms with E-state index in [0.29, 0.717) is 16.8 Å². The standard InChI is InChI=1S/C25H24N4O4S2/c1-18-4-10-22(11-5-18)29-17-21(16-26-28-35(32,33)24-12-6-19(2)7-13-24)25(27-29)20-8-14-23(15-9-20)34(3,30)31/h4-17,28H,1-3H3/b26-16+. The SMILES string of the molecule is Cc1ccc(-n2cc(/C=N/NS(=O)(=O)c3ccc(C)cc3)c(-c3ccc(S(C)(=O)=O)cc3)n2)cc1. The number of rotatable bonds is 7. The average molecular weight is 509 g/mol. The Morgan fingerprint density at radius 2 is 1.34 bits per heavy atom. The summed E-state index contributed by atoms with van der Waals surface area (Å²) in [7, 11) is -7.18. The molecule has 0 unspecified atom stereocenters. The lowest BCUT2D eigenvalue weighted by molar-refractivity contribution is 0.584. The first-order valence-corrected chi connectivity index (χ1v) is 14.0. The van der Waals surface area contributed by atoms with Gasteiger partial charge in [-0.2, -0.15) is 18.6 Å². The summed E-state index contributed by atoms with van der Waals surface area (Å²) in [6, 6.07) is 20.5. The molecule has 0 aliphatic heterocycles. The van der Waals surface area contributed by atoms with E-state index in [1.54, 1.807) is 35.1 Å². The van der Waals surface area contributed by atoms with Gasteiger partial charge >= 0.3 is 0 Å². The lowest BCUT2D eigenvalue weighted by Crippen LogP contribution is -2.18. The van der Waals surface area contributed by atoms with Crippen molar-refractivity contribution in [1.82, 2.24) is 14.6 Å². The van der Waals surface area contributed by atoms with Crippen molar-refractivity contribution in [3.05, 3.63) is 95.7 Å². The molecule has 0 radical (unpaired) electrons. The summed E-state index contributed by atoms with van der Waals surface area (Å²) >= 11 is 0. The molecule has 0 spiro atoms. The number of hydrazone groups is 1. The maximum Gasteiger partial charge on any atom is 0.276 e. The van der Waals surface area contributed by atoms with Crippen LogP contribution in [0.4, 0.5) is 0 Å². The lowest BCUT2D eigenvalue weighted by atomic mass is 10.1. The second kappa shape index (κ2) is 9.47. The van der Waals surface area contributed by atoms with Gasteiger partial charge in [-0.1, -0.05) is 47.5 Å². The molecule has 3 aromatic carbocycles. The molecule has 35 heavy (non-hydrogen) atoms. The first-order chi connectivity index (χ1) is 16.5. The third-order valence-electron chi connectivity index (χ3n) is 5.30. The van der Waals surface area contributed by atoms with Crippen molar-refractivity contribution in [3.63, 3.8) is 0 Å². The number of hydrogen-bond acceptors (Lipinski definition) is 6. The van der Waals surface area contributed by atoms with E-state index in [1.807, 2.05) is 38.1 Å². The molecular weight excluding hydrogens is 484 g/mol. The van der Waals surface area contributed by atoms with Crippen molar-refractivity contribution < 1.29 is 16.8 Å². The summed E-state index contributed by atoms with van der Waals surface area (Å²) in [5.41, 5.74) is 4.58. The van der Waals surface area contributed by atoms with E-state index in [9.17, 15) is 16.8 Å². The fourth-order valence-electron chi connectivity index (χ4n) is 3.33. The third-order valence-corrected chi connectivity index (χ3v) is 7.67. The van der Waals surface area contributed by atoms with Gasteiger partial charge in [0.1, 0.15) is 5.69 Å². The quantitative estimate of drug-likeness (QED) is 0.301. The summed E-state index contributed by atoms with van der Waals surface area (Å²) in [5.74, 6) is 0. The van der Waals surface area contributed by atoms with E-state index in [4.69, 9.17) is 0 Å².